The van der Waals surface area contributed by atoms with Crippen LogP contribution in [0.25, 0.3) is 11.5 Å². The molecule has 25 heavy (non-hydrogen) atoms. The molecule has 1 atom stereocenters. The van der Waals surface area contributed by atoms with Crippen molar-refractivity contribution in [3.05, 3.63) is 41.8 Å². The van der Waals surface area contributed by atoms with Gasteiger partial charge in [-0.1, -0.05) is 18.2 Å². The molecule has 1 N–H and O–H groups in total. The Balaban J connectivity index is 0.00000156. The van der Waals surface area contributed by atoms with E-state index in [1.807, 2.05) is 49.2 Å². The third-order valence-corrected chi connectivity index (χ3v) is 4.36. The number of aryl methyl sites for hydroxylation is 1. The molecule has 138 valence electrons. The molecule has 5 nitrogen and oxygen atoms in total. The number of hydrogen-bond donors (Lipinski definition) is 1. The molecule has 0 spiro atoms. The minimum absolute atomic E-state index is 0. The van der Waals surface area contributed by atoms with Crippen LogP contribution < -0.4 is 5.32 Å². The van der Waals surface area contributed by atoms with Gasteiger partial charge in [-0.3, -0.25) is 4.79 Å². The molecule has 1 aromatic carbocycles. The molecule has 0 saturated carbocycles. The first kappa shape index (κ1) is 21.5. The first-order valence-corrected chi connectivity index (χ1v) is 8.11. The van der Waals surface area contributed by atoms with Crippen molar-refractivity contribution >= 4 is 30.7 Å². The van der Waals surface area contributed by atoms with Gasteiger partial charge in [0.05, 0.1) is 12.1 Å². The average molecular weight is 386 g/mol. The number of rotatable bonds is 5. The topological polar surface area (TPSA) is 58.4 Å². The Labute approximate surface area is 161 Å². The summed E-state index contributed by atoms with van der Waals surface area (Å²) in [5.74, 6) is 2.01. The highest BCUT2D eigenvalue weighted by Crippen LogP contribution is 2.23. The van der Waals surface area contributed by atoms with E-state index in [4.69, 9.17) is 4.42 Å². The summed E-state index contributed by atoms with van der Waals surface area (Å²) in [5, 5.41) is 3.18. The van der Waals surface area contributed by atoms with E-state index in [9.17, 15) is 4.79 Å². The zero-order valence-corrected chi connectivity index (χ0v) is 16.2. The summed E-state index contributed by atoms with van der Waals surface area (Å²) in [6.07, 6.45) is 1.38. The van der Waals surface area contributed by atoms with Gasteiger partial charge in [-0.05, 0) is 45.0 Å². The van der Waals surface area contributed by atoms with Gasteiger partial charge in [0.1, 0.15) is 5.76 Å². The third-order valence-electron chi connectivity index (χ3n) is 4.36. The predicted octanol–water partition coefficient (Wildman–Crippen LogP) is 3.10. The van der Waals surface area contributed by atoms with Crippen molar-refractivity contribution in [2.45, 2.75) is 19.8 Å². The highest BCUT2D eigenvalue weighted by atomic mass is 35.5. The van der Waals surface area contributed by atoms with E-state index in [0.717, 1.165) is 43.1 Å². The number of aromatic nitrogens is 1. The number of likely N-dealkylation sites (tertiary alicyclic amines) is 1. The minimum Gasteiger partial charge on any atom is -0.441 e. The Morgan fingerprint density at radius 2 is 2.04 bits per heavy atom. The lowest BCUT2D eigenvalue weighted by atomic mass is 10.1. The van der Waals surface area contributed by atoms with Gasteiger partial charge in [-0.25, -0.2) is 4.98 Å². The largest absolute Gasteiger partial charge is 0.441 e. The standard InChI is InChI=1S/C18H23N3O2.2ClH/c1-13-16(20-18(23-13)15-6-4-3-5-7-15)10-17(22)21-9-8-14(12-21)11-19-2;;/h3-7,14,19H,8-12H2,1-2H3;2*1H. The van der Waals surface area contributed by atoms with Crippen LogP contribution in [0.3, 0.4) is 0 Å². The maximum atomic E-state index is 12.5. The van der Waals surface area contributed by atoms with Gasteiger partial charge in [0.25, 0.3) is 0 Å². The first-order valence-electron chi connectivity index (χ1n) is 8.11. The predicted molar refractivity (Wildman–Crippen MR) is 103 cm³/mol. The van der Waals surface area contributed by atoms with Crippen molar-refractivity contribution in [1.82, 2.24) is 15.2 Å². The second-order valence-corrected chi connectivity index (χ2v) is 6.12. The van der Waals surface area contributed by atoms with E-state index < -0.39 is 0 Å². The molecule has 3 rings (SSSR count). The van der Waals surface area contributed by atoms with Gasteiger partial charge in [0, 0.05) is 18.7 Å². The number of hydrogen-bond acceptors (Lipinski definition) is 4. The van der Waals surface area contributed by atoms with Crippen molar-refractivity contribution in [2.24, 2.45) is 5.92 Å². The summed E-state index contributed by atoms with van der Waals surface area (Å²) < 4.78 is 5.73. The first-order chi connectivity index (χ1) is 11.2. The van der Waals surface area contributed by atoms with E-state index in [2.05, 4.69) is 10.3 Å². The molecule has 1 aliphatic heterocycles. The number of carbonyl (C=O) groups excluding carboxylic acids is 1. The fraction of sp³-hybridized carbons (Fsp3) is 0.444. The Bertz CT molecular complexity index is 676. The molecule has 2 aromatic rings. The van der Waals surface area contributed by atoms with Gasteiger partial charge in [0.2, 0.25) is 11.8 Å². The maximum absolute atomic E-state index is 12.5. The van der Waals surface area contributed by atoms with Gasteiger partial charge in [-0.2, -0.15) is 0 Å². The Morgan fingerprint density at radius 3 is 2.72 bits per heavy atom. The van der Waals surface area contributed by atoms with Crippen LogP contribution in [-0.4, -0.2) is 42.5 Å². The molecular formula is C18H25Cl2N3O2. The minimum atomic E-state index is 0. The number of carbonyl (C=O) groups is 1. The van der Waals surface area contributed by atoms with E-state index >= 15 is 0 Å². The number of benzene rings is 1. The van der Waals surface area contributed by atoms with Gasteiger partial charge < -0.3 is 14.6 Å². The fourth-order valence-electron chi connectivity index (χ4n) is 3.07. The van der Waals surface area contributed by atoms with Gasteiger partial charge in [-0.15, -0.1) is 24.8 Å². The van der Waals surface area contributed by atoms with Crippen LogP contribution in [0, 0.1) is 12.8 Å². The molecule has 1 aromatic heterocycles. The number of halogens is 2. The molecular weight excluding hydrogens is 361 g/mol. The maximum Gasteiger partial charge on any atom is 0.228 e. The van der Waals surface area contributed by atoms with Crippen LogP contribution in [0.2, 0.25) is 0 Å². The Kier molecular flexibility index (Phi) is 8.42. The molecule has 1 saturated heterocycles. The van der Waals surface area contributed by atoms with Crippen LogP contribution >= 0.6 is 24.8 Å². The molecule has 0 radical (unpaired) electrons. The Hall–Kier alpha value is -1.56. The molecule has 1 unspecified atom stereocenters. The zero-order valence-electron chi connectivity index (χ0n) is 14.5. The third kappa shape index (κ3) is 5.21. The summed E-state index contributed by atoms with van der Waals surface area (Å²) >= 11 is 0. The number of nitrogens with one attached hydrogen (secondary N) is 1. The highest BCUT2D eigenvalue weighted by Gasteiger charge is 2.26. The molecule has 1 aliphatic rings. The van der Waals surface area contributed by atoms with Crippen molar-refractivity contribution in [3.63, 3.8) is 0 Å². The van der Waals surface area contributed by atoms with Gasteiger partial charge in [0.15, 0.2) is 0 Å². The fourth-order valence-corrected chi connectivity index (χ4v) is 3.07. The zero-order chi connectivity index (χ0) is 16.2. The summed E-state index contributed by atoms with van der Waals surface area (Å²) in [6, 6.07) is 9.77. The van der Waals surface area contributed by atoms with Crippen LogP contribution in [-0.2, 0) is 11.2 Å². The monoisotopic (exact) mass is 385 g/mol. The lowest BCUT2D eigenvalue weighted by Gasteiger charge is -2.16. The molecule has 0 aliphatic carbocycles. The second-order valence-electron chi connectivity index (χ2n) is 6.12. The number of amides is 1. The lowest BCUT2D eigenvalue weighted by molar-refractivity contribution is -0.129. The van der Waals surface area contributed by atoms with Gasteiger partial charge >= 0.3 is 0 Å². The number of nitrogens with zero attached hydrogens (tertiary/aromatic N) is 2. The van der Waals surface area contributed by atoms with E-state index in [0.29, 0.717) is 18.2 Å². The van der Waals surface area contributed by atoms with Crippen LogP contribution in [0.5, 0.6) is 0 Å². The summed E-state index contributed by atoms with van der Waals surface area (Å²) in [4.78, 5) is 18.9. The molecule has 1 fully saturated rings. The summed E-state index contributed by atoms with van der Waals surface area (Å²) in [7, 11) is 1.95. The molecule has 0 bridgehead atoms. The van der Waals surface area contributed by atoms with Crippen LogP contribution in [0.1, 0.15) is 17.9 Å². The van der Waals surface area contributed by atoms with Crippen molar-refractivity contribution in [3.8, 4) is 11.5 Å². The van der Waals surface area contributed by atoms with Crippen LogP contribution in [0.4, 0.5) is 0 Å². The lowest BCUT2D eigenvalue weighted by Crippen LogP contribution is -2.31. The summed E-state index contributed by atoms with van der Waals surface area (Å²) in [5.41, 5.74) is 1.68. The van der Waals surface area contributed by atoms with Crippen LogP contribution in [0.15, 0.2) is 34.7 Å². The van der Waals surface area contributed by atoms with E-state index in [1.54, 1.807) is 0 Å². The van der Waals surface area contributed by atoms with Crippen molar-refractivity contribution in [2.75, 3.05) is 26.7 Å². The number of oxazole rings is 1. The second kappa shape index (κ2) is 9.80. The Morgan fingerprint density at radius 1 is 1.32 bits per heavy atom. The molecule has 1 amide bonds. The van der Waals surface area contributed by atoms with Crippen molar-refractivity contribution < 1.29 is 9.21 Å². The summed E-state index contributed by atoms with van der Waals surface area (Å²) in [6.45, 7) is 4.51. The SMILES string of the molecule is CNCC1CCN(C(=O)Cc2nc(-c3ccccc3)oc2C)C1.Cl.Cl. The average Bonchev–Trinajstić information content (AvgIpc) is 3.16. The molecule has 7 heteroatoms. The normalized spacial score (nSPS) is 16.2. The smallest absolute Gasteiger partial charge is 0.228 e. The highest BCUT2D eigenvalue weighted by molar-refractivity contribution is 5.85. The molecule has 2 heterocycles. The van der Waals surface area contributed by atoms with E-state index in [-0.39, 0.29) is 30.7 Å². The van der Waals surface area contributed by atoms with E-state index in [1.165, 1.54) is 0 Å². The quantitative estimate of drug-likeness (QED) is 0.858. The van der Waals surface area contributed by atoms with Crippen molar-refractivity contribution in [1.29, 1.82) is 0 Å².